The van der Waals surface area contributed by atoms with Crippen molar-refractivity contribution in [2.75, 3.05) is 0 Å². The van der Waals surface area contributed by atoms with E-state index < -0.39 is 88.5 Å². The van der Waals surface area contributed by atoms with Crippen molar-refractivity contribution in [3.8, 4) is 0 Å². The first-order valence-electron chi connectivity index (χ1n) is 31.2. The molecule has 6 atom stereocenters. The van der Waals surface area contributed by atoms with Crippen LogP contribution in [-0.4, -0.2) is 88.5 Å². The maximum absolute atomic E-state index is 8.90. The minimum absolute atomic E-state index is 0.489. The number of rotatable bonds is 12. The van der Waals surface area contributed by atoms with E-state index in [2.05, 4.69) is 24.3 Å². The molecule has 0 aromatic heterocycles. The van der Waals surface area contributed by atoms with Gasteiger partial charge in [-0.1, -0.05) is 364 Å². The number of fused-ring (bicyclic) bond motifs is 6. The van der Waals surface area contributed by atoms with Gasteiger partial charge >= 0.3 is 88.5 Å². The minimum Gasteiger partial charge on any atom is -0.404 e. The summed E-state index contributed by atoms with van der Waals surface area (Å²) in [5.41, 5.74) is 0. The summed E-state index contributed by atoms with van der Waals surface area (Å²) in [6, 6.07) is 119. The van der Waals surface area contributed by atoms with Crippen molar-refractivity contribution in [1.29, 1.82) is 0 Å². The Hall–Kier alpha value is -7.71. The van der Waals surface area contributed by atoms with E-state index in [4.69, 9.17) is 53.5 Å². The van der Waals surface area contributed by atoms with Crippen LogP contribution in [0.3, 0.4) is 0 Å². The van der Waals surface area contributed by atoms with Crippen LogP contribution in [0.5, 0.6) is 0 Å². The molecule has 6 unspecified atom stereocenters. The fraction of sp³-hybridized carbons (Fsp3) is 0. The van der Waals surface area contributed by atoms with Gasteiger partial charge in [0.2, 0.25) is 0 Å². The molecule has 0 aliphatic carbocycles. The molecule has 4 fully saturated rings. The summed E-state index contributed by atoms with van der Waals surface area (Å²) in [6.07, 6.45) is 0. The highest BCUT2D eigenvalue weighted by molar-refractivity contribution is 7.13. The quantitative estimate of drug-likeness (QED) is 0.141. The third-order valence-corrected chi connectivity index (χ3v) is 55.9. The lowest BCUT2D eigenvalue weighted by atomic mass is 10.4. The Labute approximate surface area is 564 Å². The van der Waals surface area contributed by atoms with Gasteiger partial charge in [0.05, 0.1) is 0 Å². The summed E-state index contributed by atoms with van der Waals surface area (Å²) < 4.78 is 114. The maximum Gasteiger partial charge on any atom is 0.515 e. The molecule has 12 aromatic carbocycles. The Morgan fingerprint density at radius 3 is 0.600 bits per heavy atom. The predicted molar refractivity (Wildman–Crippen MR) is 385 cm³/mol. The maximum atomic E-state index is 8.90. The molecule has 4 aliphatic rings. The predicted octanol–water partition coefficient (Wildman–Crippen LogP) is 5.64. The largest absolute Gasteiger partial charge is 0.515 e. The van der Waals surface area contributed by atoms with Crippen LogP contribution in [0.4, 0.5) is 0 Å². The van der Waals surface area contributed by atoms with Crippen LogP contribution in [0.15, 0.2) is 364 Å². The Morgan fingerprint density at radius 2 is 0.316 bits per heavy atom. The summed E-state index contributed by atoms with van der Waals surface area (Å²) in [6.45, 7) is 0. The average Bonchev–Trinajstić information content (AvgIpc) is 0.687. The fourth-order valence-electron chi connectivity index (χ4n) is 12.3. The van der Waals surface area contributed by atoms with E-state index >= 15 is 0 Å². The molecule has 0 amide bonds. The third kappa shape index (κ3) is 11.6. The molecule has 2 radical (unpaired) electrons. The Kier molecular flexibility index (Phi) is 17.0. The van der Waals surface area contributed by atoms with Gasteiger partial charge in [-0.2, -0.15) is 0 Å². The standard InChI is InChI=1S/C72H60O13Si10/c1-13-37-61(38-14-1)86-73-88(63-41-17-3-18-42-63,64-43-19-4-20-44-64)77-93(70-55-31-10-32-56-70)81-92(69-53-29-9-30-54-69)76-87(62-39-15-2-16-40-62)75-90(67-49-25-7-26-50-67)78-89(65-45-21-5-22-46-65,66-47-23-6-24-48-66)79-94(82-92,71-57-33-11-34-58-71)85-95(84-93,72-59-35-12-36-60-72)83-91(74-86,80-90)68-51-27-8-28-52-68/h1-60H. The zero-order valence-electron chi connectivity index (χ0n) is 50.9. The van der Waals surface area contributed by atoms with E-state index in [1.807, 2.05) is 340 Å². The van der Waals surface area contributed by atoms with E-state index in [0.29, 0.717) is 46.7 Å². The van der Waals surface area contributed by atoms with E-state index in [1.54, 1.807) is 0 Å². The Morgan fingerprint density at radius 1 is 0.147 bits per heavy atom. The summed E-state index contributed by atoms with van der Waals surface area (Å²) in [7, 11) is -47.3. The lowest BCUT2D eigenvalue weighted by molar-refractivity contribution is 0.0637. The normalized spacial score (nSPS) is 25.9. The average molecular weight is 1410 g/mol. The van der Waals surface area contributed by atoms with E-state index in [9.17, 15) is 0 Å². The number of benzene rings is 12. The fourth-order valence-corrected chi connectivity index (χ4v) is 63.1. The molecule has 12 aromatic rings. The van der Waals surface area contributed by atoms with Crippen LogP contribution < -0.4 is 62.2 Å². The van der Waals surface area contributed by atoms with Crippen LogP contribution >= 0.6 is 0 Å². The van der Waals surface area contributed by atoms with Gasteiger partial charge in [-0.25, -0.2) is 0 Å². The SMILES string of the molecule is c1ccc([Si]2O[Si]3(c4ccccc4)O[Si]4(c5ccccc5)O[Si]5(c6ccccc6)O[Si](c6ccccc6)(O[Si](c6ccccc6)O[Si](c6ccccc6)(c6ccccc6)O4)O[Si](c4ccccc4)(O2)O[Si](c2ccccc2)(c2ccccc2)O[Si](c2ccccc2)(O3)O5)cc1. The summed E-state index contributed by atoms with van der Waals surface area (Å²) in [5, 5.41) is 7.34. The molecule has 0 N–H and O–H groups in total. The summed E-state index contributed by atoms with van der Waals surface area (Å²) in [5.74, 6) is 0. The van der Waals surface area contributed by atoms with Crippen molar-refractivity contribution in [2.24, 2.45) is 0 Å². The molecular weight excluding hydrogens is 1350 g/mol. The molecule has 6 bridgehead atoms. The number of hydrogen-bond acceptors (Lipinski definition) is 13. The molecule has 4 saturated heterocycles. The molecule has 0 spiro atoms. The molecule has 95 heavy (non-hydrogen) atoms. The van der Waals surface area contributed by atoms with Crippen LogP contribution in [0.1, 0.15) is 0 Å². The van der Waals surface area contributed by atoms with Crippen molar-refractivity contribution in [2.45, 2.75) is 0 Å². The van der Waals surface area contributed by atoms with Gasteiger partial charge in [-0.15, -0.1) is 0 Å². The third-order valence-electron chi connectivity index (χ3n) is 16.8. The molecule has 4 heterocycles. The smallest absolute Gasteiger partial charge is 0.404 e. The van der Waals surface area contributed by atoms with E-state index in [-0.39, 0.29) is 0 Å². The highest BCUT2D eigenvalue weighted by Crippen LogP contribution is 2.43. The van der Waals surface area contributed by atoms with Gasteiger partial charge in [-0.05, 0) is 31.1 Å². The molecular formula is C72H60O13Si10. The first-order valence-corrected chi connectivity index (χ1v) is 47.8. The monoisotopic (exact) mass is 1410 g/mol. The zero-order chi connectivity index (χ0) is 63.7. The second-order valence-electron chi connectivity index (χ2n) is 22.9. The lowest BCUT2D eigenvalue weighted by Crippen LogP contribution is -2.91. The highest BCUT2D eigenvalue weighted by Gasteiger charge is 2.80. The molecule has 0 saturated carbocycles. The topological polar surface area (TPSA) is 120 Å². The van der Waals surface area contributed by atoms with E-state index in [0.717, 1.165) is 15.6 Å². The van der Waals surface area contributed by atoms with Crippen molar-refractivity contribution in [3.63, 3.8) is 0 Å². The molecule has 4 aliphatic heterocycles. The van der Waals surface area contributed by atoms with Crippen LogP contribution in [-0.2, 0) is 53.5 Å². The first kappa shape index (κ1) is 62.1. The molecule has 23 heteroatoms. The zero-order valence-corrected chi connectivity index (χ0v) is 60.9. The Bertz CT molecular complexity index is 4410. The van der Waals surface area contributed by atoms with Gasteiger partial charge in [0.15, 0.2) is 0 Å². The first-order chi connectivity index (χ1) is 46.8. The molecule has 13 nitrogen and oxygen atoms in total. The van der Waals surface area contributed by atoms with Gasteiger partial charge in [0.1, 0.15) is 0 Å². The van der Waals surface area contributed by atoms with Crippen molar-refractivity contribution < 1.29 is 53.5 Å². The van der Waals surface area contributed by atoms with Gasteiger partial charge in [0.25, 0.3) is 0 Å². The second-order valence-corrected chi connectivity index (χ2v) is 50.7. The van der Waals surface area contributed by atoms with Gasteiger partial charge < -0.3 is 53.5 Å². The molecule has 466 valence electrons. The van der Waals surface area contributed by atoms with Gasteiger partial charge in [0, 0.05) is 31.1 Å². The van der Waals surface area contributed by atoms with Crippen molar-refractivity contribution >= 4 is 151 Å². The lowest BCUT2D eigenvalue weighted by Gasteiger charge is -2.57. The van der Waals surface area contributed by atoms with Crippen LogP contribution in [0.2, 0.25) is 0 Å². The number of hydrogen-bond donors (Lipinski definition) is 0. The highest BCUT2D eigenvalue weighted by atomic mass is 28.6. The summed E-state index contributed by atoms with van der Waals surface area (Å²) >= 11 is 0. The van der Waals surface area contributed by atoms with Crippen molar-refractivity contribution in [1.82, 2.24) is 0 Å². The molecule has 16 rings (SSSR count). The van der Waals surface area contributed by atoms with E-state index in [1.165, 1.54) is 0 Å². The van der Waals surface area contributed by atoms with Crippen LogP contribution in [0, 0.1) is 0 Å². The summed E-state index contributed by atoms with van der Waals surface area (Å²) in [4.78, 5) is 0. The Balaban J connectivity index is 1.18. The minimum atomic E-state index is -5.37. The van der Waals surface area contributed by atoms with Gasteiger partial charge in [-0.3, -0.25) is 0 Å². The van der Waals surface area contributed by atoms with Crippen LogP contribution in [0.25, 0.3) is 0 Å². The van der Waals surface area contributed by atoms with Crippen molar-refractivity contribution in [3.05, 3.63) is 364 Å². The second kappa shape index (κ2) is 26.0.